The summed E-state index contributed by atoms with van der Waals surface area (Å²) in [5, 5.41) is 6.47. The molecule has 1 amide bonds. The maximum absolute atomic E-state index is 12.1. The maximum atomic E-state index is 12.1. The van der Waals surface area contributed by atoms with Crippen molar-refractivity contribution in [2.24, 2.45) is 5.16 Å². The van der Waals surface area contributed by atoms with Crippen molar-refractivity contribution in [2.45, 2.75) is 12.2 Å². The van der Waals surface area contributed by atoms with Gasteiger partial charge in [-0.1, -0.05) is 59.8 Å². The molecule has 1 aliphatic heterocycles. The number of epoxide rings is 1. The lowest BCUT2D eigenvalue weighted by Crippen LogP contribution is -2.29. The highest BCUT2D eigenvalue weighted by molar-refractivity contribution is 6.45. The zero-order valence-electron chi connectivity index (χ0n) is 13.0. The van der Waals surface area contributed by atoms with E-state index in [4.69, 9.17) is 9.57 Å². The van der Waals surface area contributed by atoms with Crippen LogP contribution in [0.2, 0.25) is 0 Å². The SMILES string of the molecule is CNC(=O)C(=NOC)c1ccccc1[C@@H]1O[C@H]1c1ccccc1. The van der Waals surface area contributed by atoms with Crippen LogP contribution in [0.15, 0.2) is 59.8 Å². The van der Waals surface area contributed by atoms with Crippen LogP contribution in [0.5, 0.6) is 0 Å². The van der Waals surface area contributed by atoms with E-state index in [2.05, 4.69) is 10.5 Å². The van der Waals surface area contributed by atoms with E-state index >= 15 is 0 Å². The molecule has 0 bridgehead atoms. The lowest BCUT2D eigenvalue weighted by atomic mass is 9.96. The molecule has 1 heterocycles. The van der Waals surface area contributed by atoms with E-state index in [9.17, 15) is 4.79 Å². The first-order valence-corrected chi connectivity index (χ1v) is 7.39. The van der Waals surface area contributed by atoms with Crippen molar-refractivity contribution >= 4 is 11.6 Å². The van der Waals surface area contributed by atoms with Crippen molar-refractivity contribution in [1.29, 1.82) is 0 Å². The van der Waals surface area contributed by atoms with Crippen molar-refractivity contribution < 1.29 is 14.4 Å². The Labute approximate surface area is 134 Å². The summed E-state index contributed by atoms with van der Waals surface area (Å²) in [6, 6.07) is 17.6. The van der Waals surface area contributed by atoms with E-state index in [1.165, 1.54) is 7.11 Å². The third-order valence-electron chi connectivity index (χ3n) is 3.77. The van der Waals surface area contributed by atoms with Gasteiger partial charge in [-0.25, -0.2) is 0 Å². The van der Waals surface area contributed by atoms with Gasteiger partial charge >= 0.3 is 0 Å². The van der Waals surface area contributed by atoms with Crippen molar-refractivity contribution in [1.82, 2.24) is 5.32 Å². The van der Waals surface area contributed by atoms with Crippen LogP contribution in [0.4, 0.5) is 0 Å². The first kappa shape index (κ1) is 15.2. The Morgan fingerprint density at radius 2 is 1.78 bits per heavy atom. The summed E-state index contributed by atoms with van der Waals surface area (Å²) in [4.78, 5) is 16.9. The minimum Gasteiger partial charge on any atom is -0.398 e. The first-order chi connectivity index (χ1) is 11.3. The van der Waals surface area contributed by atoms with Gasteiger partial charge in [-0.15, -0.1) is 0 Å². The number of amides is 1. The van der Waals surface area contributed by atoms with Gasteiger partial charge in [-0.3, -0.25) is 4.79 Å². The topological polar surface area (TPSA) is 63.2 Å². The van der Waals surface area contributed by atoms with Crippen molar-refractivity contribution in [2.75, 3.05) is 14.2 Å². The molecule has 0 saturated carbocycles. The number of carbonyl (C=O) groups excluding carboxylic acids is 1. The van der Waals surface area contributed by atoms with E-state index in [1.807, 2.05) is 54.6 Å². The van der Waals surface area contributed by atoms with Gasteiger partial charge in [0.25, 0.3) is 5.91 Å². The Kier molecular flexibility index (Phi) is 4.39. The molecule has 2 aromatic carbocycles. The van der Waals surface area contributed by atoms with E-state index in [0.29, 0.717) is 0 Å². The molecule has 2 atom stereocenters. The van der Waals surface area contributed by atoms with Crippen molar-refractivity contribution in [3.05, 3.63) is 71.3 Å². The molecule has 23 heavy (non-hydrogen) atoms. The van der Waals surface area contributed by atoms with Crippen molar-refractivity contribution in [3.8, 4) is 0 Å². The molecule has 1 aliphatic rings. The van der Waals surface area contributed by atoms with Gasteiger partial charge in [-0.05, 0) is 11.1 Å². The van der Waals surface area contributed by atoms with Gasteiger partial charge in [-0.2, -0.15) is 0 Å². The highest BCUT2D eigenvalue weighted by Crippen LogP contribution is 2.51. The monoisotopic (exact) mass is 310 g/mol. The number of rotatable bonds is 5. The summed E-state index contributed by atoms with van der Waals surface area (Å²) in [7, 11) is 2.99. The minimum absolute atomic E-state index is 0.00540. The zero-order chi connectivity index (χ0) is 16.2. The normalized spacial score (nSPS) is 20.0. The van der Waals surface area contributed by atoms with Gasteiger partial charge in [0.05, 0.1) is 0 Å². The second kappa shape index (κ2) is 6.62. The Morgan fingerprint density at radius 1 is 1.09 bits per heavy atom. The van der Waals surface area contributed by atoms with Crippen molar-refractivity contribution in [3.63, 3.8) is 0 Å². The second-order valence-electron chi connectivity index (χ2n) is 5.18. The van der Waals surface area contributed by atoms with Gasteiger partial charge in [0.2, 0.25) is 0 Å². The molecule has 1 saturated heterocycles. The molecule has 0 aromatic heterocycles. The third-order valence-corrected chi connectivity index (χ3v) is 3.77. The number of nitrogens with zero attached hydrogens (tertiary/aromatic N) is 1. The highest BCUT2D eigenvalue weighted by Gasteiger charge is 2.43. The summed E-state index contributed by atoms with van der Waals surface area (Å²) < 4.78 is 5.84. The van der Waals surface area contributed by atoms with Crippen LogP contribution in [0.3, 0.4) is 0 Å². The van der Waals surface area contributed by atoms with Gasteiger partial charge in [0.1, 0.15) is 19.3 Å². The van der Waals surface area contributed by atoms with E-state index in [-0.39, 0.29) is 23.8 Å². The van der Waals surface area contributed by atoms with Crippen LogP contribution in [-0.2, 0) is 14.4 Å². The molecule has 118 valence electrons. The van der Waals surface area contributed by atoms with Gasteiger partial charge in [0, 0.05) is 12.6 Å². The lowest BCUT2D eigenvalue weighted by Gasteiger charge is -2.09. The van der Waals surface area contributed by atoms with E-state index in [1.54, 1.807) is 7.05 Å². The number of oxime groups is 1. The van der Waals surface area contributed by atoms with Gasteiger partial charge < -0.3 is 14.9 Å². The predicted molar refractivity (Wildman–Crippen MR) is 87.1 cm³/mol. The number of hydrogen-bond donors (Lipinski definition) is 1. The van der Waals surface area contributed by atoms with Crippen LogP contribution in [0, 0.1) is 0 Å². The fourth-order valence-corrected chi connectivity index (χ4v) is 2.63. The molecule has 3 rings (SSSR count). The molecular weight excluding hydrogens is 292 g/mol. The Hall–Kier alpha value is -2.66. The average Bonchev–Trinajstić information content (AvgIpc) is 3.40. The summed E-state index contributed by atoms with van der Waals surface area (Å²) in [5.41, 5.74) is 3.02. The summed E-state index contributed by atoms with van der Waals surface area (Å²) in [6.07, 6.45) is -0.0776. The van der Waals surface area contributed by atoms with Crippen LogP contribution >= 0.6 is 0 Å². The largest absolute Gasteiger partial charge is 0.398 e. The molecule has 0 radical (unpaired) electrons. The zero-order valence-corrected chi connectivity index (χ0v) is 13.0. The third kappa shape index (κ3) is 3.10. The fourth-order valence-electron chi connectivity index (χ4n) is 2.63. The van der Waals surface area contributed by atoms with Crippen LogP contribution in [0.25, 0.3) is 0 Å². The number of benzene rings is 2. The number of hydrogen-bond acceptors (Lipinski definition) is 4. The molecule has 0 aliphatic carbocycles. The average molecular weight is 310 g/mol. The number of likely N-dealkylation sites (N-methyl/N-ethyl adjacent to an activating group) is 1. The maximum Gasteiger partial charge on any atom is 0.273 e. The molecule has 0 unspecified atom stereocenters. The molecule has 1 fully saturated rings. The molecule has 5 nitrogen and oxygen atoms in total. The van der Waals surface area contributed by atoms with E-state index in [0.717, 1.165) is 16.7 Å². The fraction of sp³-hybridized carbons (Fsp3) is 0.222. The molecule has 2 aromatic rings. The Morgan fingerprint density at radius 3 is 2.48 bits per heavy atom. The summed E-state index contributed by atoms with van der Waals surface area (Å²) >= 11 is 0. The van der Waals surface area contributed by atoms with Crippen LogP contribution in [0.1, 0.15) is 28.9 Å². The number of carbonyl (C=O) groups is 1. The molecule has 5 heteroatoms. The molecule has 1 N–H and O–H groups in total. The predicted octanol–water partition coefficient (Wildman–Crippen LogP) is 2.60. The Balaban J connectivity index is 1.93. The van der Waals surface area contributed by atoms with Crippen LogP contribution in [-0.4, -0.2) is 25.8 Å². The second-order valence-corrected chi connectivity index (χ2v) is 5.18. The van der Waals surface area contributed by atoms with Crippen LogP contribution < -0.4 is 5.32 Å². The number of nitrogens with one attached hydrogen (secondary N) is 1. The Bertz CT molecular complexity index is 728. The highest BCUT2D eigenvalue weighted by atomic mass is 16.6. The standard InChI is InChI=1S/C18H18N2O3/c1-19-18(21)15(20-22-2)13-10-6-7-11-14(13)17-16(23-17)12-8-4-3-5-9-12/h3-11,16-17H,1-2H3,(H,19,21)/t16-,17-/m0/s1. The quantitative estimate of drug-likeness (QED) is 0.524. The minimum atomic E-state index is -0.295. The molecule has 0 spiro atoms. The summed E-state index contributed by atoms with van der Waals surface area (Å²) in [5.74, 6) is -0.295. The lowest BCUT2D eigenvalue weighted by molar-refractivity contribution is -0.114. The van der Waals surface area contributed by atoms with E-state index < -0.39 is 0 Å². The summed E-state index contributed by atoms with van der Waals surface area (Å²) in [6.45, 7) is 0. The van der Waals surface area contributed by atoms with Gasteiger partial charge in [0.15, 0.2) is 5.71 Å². The number of ether oxygens (including phenoxy) is 1. The first-order valence-electron chi connectivity index (χ1n) is 7.39. The smallest absolute Gasteiger partial charge is 0.273 e. The molecular formula is C18H18N2O3.